The van der Waals surface area contributed by atoms with Crippen LogP contribution in [0.1, 0.15) is 11.1 Å². The summed E-state index contributed by atoms with van der Waals surface area (Å²) in [6.45, 7) is 0. The summed E-state index contributed by atoms with van der Waals surface area (Å²) in [6.07, 6.45) is 8.53. The van der Waals surface area contributed by atoms with E-state index < -0.39 is 37.1 Å². The van der Waals surface area contributed by atoms with Crippen molar-refractivity contribution in [2.75, 3.05) is 19.1 Å². The molecule has 0 aliphatic carbocycles. The van der Waals surface area contributed by atoms with Crippen LogP contribution in [0.2, 0.25) is 0 Å². The van der Waals surface area contributed by atoms with Crippen molar-refractivity contribution in [3.63, 3.8) is 0 Å². The molecule has 3 rings (SSSR count). The van der Waals surface area contributed by atoms with Gasteiger partial charge in [-0.1, -0.05) is 36.4 Å². The van der Waals surface area contributed by atoms with Crippen LogP contribution in [0, 0.1) is 0 Å². The Labute approximate surface area is 213 Å². The number of nitrogens with zero attached hydrogens (tertiary/aromatic N) is 1. The topological polar surface area (TPSA) is 165 Å². The van der Waals surface area contributed by atoms with Gasteiger partial charge in [0.25, 0.3) is 20.2 Å². The molecule has 0 saturated heterocycles. The quantitative estimate of drug-likeness (QED) is 0.297. The van der Waals surface area contributed by atoms with Gasteiger partial charge < -0.3 is 14.4 Å². The lowest BCUT2D eigenvalue weighted by molar-refractivity contribution is -0.139. The van der Waals surface area contributed by atoms with Crippen molar-refractivity contribution in [2.24, 2.45) is 0 Å². The van der Waals surface area contributed by atoms with E-state index in [0.29, 0.717) is 5.56 Å². The first kappa shape index (κ1) is 27.5. The standard InChI is InChI=1S/C24H21NO10S2/c1-34-23(26)20-5-3-4-14-25(22(20)24(27)35-2)18-11-10-17(21(15-18)37(31,32)33)9-6-16-7-12-19(13-8-16)36(28,29)30/h3-15H,1-2H3,(H,28,29,30)(H,31,32,33). The van der Waals surface area contributed by atoms with Gasteiger partial charge in [-0.15, -0.1) is 0 Å². The summed E-state index contributed by atoms with van der Waals surface area (Å²) in [5.41, 5.74) is 0.244. The van der Waals surface area contributed by atoms with E-state index in [4.69, 9.17) is 14.0 Å². The molecule has 13 heteroatoms. The summed E-state index contributed by atoms with van der Waals surface area (Å²) < 4.78 is 75.4. The highest BCUT2D eigenvalue weighted by Crippen LogP contribution is 2.30. The fourth-order valence-electron chi connectivity index (χ4n) is 3.34. The smallest absolute Gasteiger partial charge is 0.355 e. The summed E-state index contributed by atoms with van der Waals surface area (Å²) in [5.74, 6) is -1.73. The number of hydrogen-bond acceptors (Lipinski definition) is 9. The zero-order chi connectivity index (χ0) is 27.4. The second-order valence-corrected chi connectivity index (χ2v) is 10.2. The van der Waals surface area contributed by atoms with Crippen LogP contribution in [0.4, 0.5) is 5.69 Å². The van der Waals surface area contributed by atoms with E-state index in [9.17, 15) is 31.0 Å². The molecule has 2 aromatic rings. The third-order valence-corrected chi connectivity index (χ3v) is 6.85. The van der Waals surface area contributed by atoms with E-state index in [-0.39, 0.29) is 27.4 Å². The summed E-state index contributed by atoms with van der Waals surface area (Å²) >= 11 is 0. The Morgan fingerprint density at radius 1 is 0.838 bits per heavy atom. The van der Waals surface area contributed by atoms with Crippen molar-refractivity contribution >= 4 is 50.0 Å². The van der Waals surface area contributed by atoms with Gasteiger partial charge in [0.05, 0.1) is 24.7 Å². The van der Waals surface area contributed by atoms with E-state index >= 15 is 0 Å². The molecule has 0 spiro atoms. The minimum Gasteiger partial charge on any atom is -0.465 e. The van der Waals surface area contributed by atoms with Gasteiger partial charge >= 0.3 is 11.9 Å². The third-order valence-electron chi connectivity index (χ3n) is 5.08. The first-order valence-electron chi connectivity index (χ1n) is 10.3. The van der Waals surface area contributed by atoms with Gasteiger partial charge in [0.15, 0.2) is 0 Å². The molecule has 1 aliphatic heterocycles. The molecule has 0 radical (unpaired) electrons. The van der Waals surface area contributed by atoms with E-state index in [2.05, 4.69) is 0 Å². The molecule has 0 fully saturated rings. The molecule has 2 N–H and O–H groups in total. The van der Waals surface area contributed by atoms with Crippen LogP contribution < -0.4 is 4.90 Å². The third kappa shape index (κ3) is 6.40. The molecule has 0 bridgehead atoms. The Morgan fingerprint density at radius 3 is 2.05 bits per heavy atom. The Balaban J connectivity index is 2.11. The summed E-state index contributed by atoms with van der Waals surface area (Å²) in [6, 6.07) is 9.02. The summed E-state index contributed by atoms with van der Waals surface area (Å²) in [5, 5.41) is 0. The molecule has 1 aliphatic rings. The second-order valence-electron chi connectivity index (χ2n) is 7.39. The van der Waals surface area contributed by atoms with Crippen molar-refractivity contribution in [2.45, 2.75) is 9.79 Å². The Hall–Kier alpha value is -4.04. The highest BCUT2D eigenvalue weighted by atomic mass is 32.2. The van der Waals surface area contributed by atoms with Gasteiger partial charge in [-0.05, 0) is 47.5 Å². The fraction of sp³-hybridized carbons (Fsp3) is 0.0833. The normalized spacial score (nSPS) is 14.1. The number of ether oxygens (including phenoxy) is 2. The summed E-state index contributed by atoms with van der Waals surface area (Å²) in [7, 11) is -6.89. The van der Waals surface area contributed by atoms with Crippen LogP contribution in [0.25, 0.3) is 12.2 Å². The van der Waals surface area contributed by atoms with Gasteiger partial charge in [0.1, 0.15) is 10.6 Å². The molecular formula is C24H21NO10S2. The van der Waals surface area contributed by atoms with Crippen LogP contribution in [0.15, 0.2) is 88.0 Å². The van der Waals surface area contributed by atoms with Crippen molar-refractivity contribution in [1.29, 1.82) is 0 Å². The number of allylic oxidation sites excluding steroid dienone is 2. The predicted molar refractivity (Wildman–Crippen MR) is 133 cm³/mol. The Morgan fingerprint density at radius 2 is 1.49 bits per heavy atom. The number of carbonyl (C=O) groups excluding carboxylic acids is 2. The maximum absolute atomic E-state index is 12.6. The minimum absolute atomic E-state index is 0.0684. The number of methoxy groups -OCH3 is 2. The fourth-order valence-corrected chi connectivity index (χ4v) is 4.52. The van der Waals surface area contributed by atoms with Crippen molar-refractivity contribution in [1.82, 2.24) is 0 Å². The maximum Gasteiger partial charge on any atom is 0.355 e. The number of benzene rings is 2. The lowest BCUT2D eigenvalue weighted by atomic mass is 10.1. The maximum atomic E-state index is 12.6. The van der Waals surface area contributed by atoms with E-state index in [0.717, 1.165) is 20.3 Å². The van der Waals surface area contributed by atoms with Crippen molar-refractivity contribution in [3.8, 4) is 0 Å². The second kappa shape index (κ2) is 10.9. The highest BCUT2D eigenvalue weighted by molar-refractivity contribution is 7.86. The monoisotopic (exact) mass is 547 g/mol. The number of anilines is 1. The number of carbonyl (C=O) groups is 2. The minimum atomic E-state index is -4.77. The van der Waals surface area contributed by atoms with Crippen LogP contribution in [0.5, 0.6) is 0 Å². The molecule has 0 aromatic heterocycles. The predicted octanol–water partition coefficient (Wildman–Crippen LogP) is 2.84. The number of rotatable bonds is 7. The Bertz CT molecular complexity index is 1570. The summed E-state index contributed by atoms with van der Waals surface area (Å²) in [4.78, 5) is 25.3. The molecular weight excluding hydrogens is 526 g/mol. The number of hydrogen-bond donors (Lipinski definition) is 2. The zero-order valence-electron chi connectivity index (χ0n) is 19.4. The number of esters is 2. The van der Waals surface area contributed by atoms with Gasteiger partial charge in [0, 0.05) is 11.9 Å². The van der Waals surface area contributed by atoms with Crippen LogP contribution >= 0.6 is 0 Å². The van der Waals surface area contributed by atoms with Gasteiger partial charge in [-0.25, -0.2) is 9.59 Å². The molecule has 0 saturated carbocycles. The van der Waals surface area contributed by atoms with Crippen LogP contribution in [0.3, 0.4) is 0 Å². The first-order valence-corrected chi connectivity index (χ1v) is 13.2. The van der Waals surface area contributed by atoms with Crippen LogP contribution in [-0.2, 0) is 39.3 Å². The lowest BCUT2D eigenvalue weighted by Crippen LogP contribution is -2.27. The van der Waals surface area contributed by atoms with Crippen LogP contribution in [-0.4, -0.2) is 52.1 Å². The molecule has 1 heterocycles. The van der Waals surface area contributed by atoms with E-state index in [1.165, 1.54) is 77.9 Å². The van der Waals surface area contributed by atoms with Crippen molar-refractivity contribution in [3.05, 3.63) is 89.3 Å². The molecule has 11 nitrogen and oxygen atoms in total. The van der Waals surface area contributed by atoms with Gasteiger partial charge in [0.2, 0.25) is 0 Å². The van der Waals surface area contributed by atoms with Gasteiger partial charge in [-0.3, -0.25) is 9.11 Å². The zero-order valence-corrected chi connectivity index (χ0v) is 21.1. The van der Waals surface area contributed by atoms with Gasteiger partial charge in [-0.2, -0.15) is 16.8 Å². The molecule has 194 valence electrons. The molecule has 0 amide bonds. The Kier molecular flexibility index (Phi) is 8.13. The SMILES string of the molecule is COC(=O)C1=C(C(=O)OC)N(c2ccc(C=Cc3ccc(S(=O)(=O)O)cc3)c(S(=O)(=O)O)c2)C=CC=C1. The van der Waals surface area contributed by atoms with Crippen molar-refractivity contribution < 1.29 is 45.0 Å². The van der Waals surface area contributed by atoms with E-state index in [1.54, 1.807) is 0 Å². The largest absolute Gasteiger partial charge is 0.465 e. The average molecular weight is 548 g/mol. The molecule has 37 heavy (non-hydrogen) atoms. The lowest BCUT2D eigenvalue weighted by Gasteiger charge is -2.23. The first-order chi connectivity index (χ1) is 17.4. The van der Waals surface area contributed by atoms with E-state index in [1.807, 2.05) is 0 Å². The molecule has 0 atom stereocenters. The highest BCUT2D eigenvalue weighted by Gasteiger charge is 2.28. The average Bonchev–Trinajstić information content (AvgIpc) is 3.08. The molecule has 2 aromatic carbocycles. The molecule has 0 unspecified atom stereocenters.